The van der Waals surface area contributed by atoms with Crippen LogP contribution in [0.4, 0.5) is 0 Å². The lowest BCUT2D eigenvalue weighted by Gasteiger charge is -2.18. The van der Waals surface area contributed by atoms with Crippen molar-refractivity contribution in [2.75, 3.05) is 19.8 Å². The van der Waals surface area contributed by atoms with Crippen molar-refractivity contribution >= 4 is 11.9 Å². The fraction of sp³-hybridized carbons (Fsp3) is 0.705. The summed E-state index contributed by atoms with van der Waals surface area (Å²) in [4.78, 5) is 25.5. The summed E-state index contributed by atoms with van der Waals surface area (Å²) in [6.45, 7) is 7.54. The van der Waals surface area contributed by atoms with Crippen LogP contribution in [0.2, 0.25) is 0 Å². The van der Waals surface area contributed by atoms with Crippen molar-refractivity contribution in [3.8, 4) is 0 Å². The van der Waals surface area contributed by atoms with Crippen molar-refractivity contribution in [3.05, 3.63) is 97.2 Å². The van der Waals surface area contributed by atoms with Crippen molar-refractivity contribution in [2.45, 2.75) is 258 Å². The van der Waals surface area contributed by atoms with Crippen LogP contribution in [0.25, 0.3) is 0 Å². The lowest BCUT2D eigenvalue weighted by atomic mass is 10.1. The highest BCUT2D eigenvalue weighted by Gasteiger charge is 2.17. The Morgan fingerprint density at radius 2 is 0.682 bits per heavy atom. The molecule has 0 N–H and O–H groups in total. The molecule has 0 heterocycles. The monoisotopic (exact) mass is 917 g/mol. The SMILES string of the molecule is CC/C=C\C/C=C\C/C=C\CCCCCCCCOCC(COC(=O)CCCCCCCCCCC/C=C\C/C=C\CCCCC)OC(=O)CCCCCCC/C=C\C/C=C\C/C=C\CC. The van der Waals surface area contributed by atoms with Crippen LogP contribution < -0.4 is 0 Å². The Hall–Kier alpha value is -3.18. The Morgan fingerprint density at radius 3 is 1.09 bits per heavy atom. The van der Waals surface area contributed by atoms with Gasteiger partial charge in [0.1, 0.15) is 6.61 Å². The van der Waals surface area contributed by atoms with Crippen LogP contribution >= 0.6 is 0 Å². The summed E-state index contributed by atoms with van der Waals surface area (Å²) in [5.74, 6) is -0.428. The number of unbranched alkanes of at least 4 members (excludes halogenated alkanes) is 23. The van der Waals surface area contributed by atoms with Gasteiger partial charge in [-0.1, -0.05) is 221 Å². The van der Waals surface area contributed by atoms with Crippen LogP contribution in [0, 0.1) is 0 Å². The quantitative estimate of drug-likeness (QED) is 0.0346. The molecule has 1 unspecified atom stereocenters. The van der Waals surface area contributed by atoms with E-state index in [-0.39, 0.29) is 25.2 Å². The van der Waals surface area contributed by atoms with E-state index in [1.807, 2.05) is 0 Å². The molecule has 0 fully saturated rings. The molecule has 1 atom stereocenters. The first kappa shape index (κ1) is 62.8. The molecule has 0 saturated carbocycles. The molecule has 0 aliphatic carbocycles. The van der Waals surface area contributed by atoms with E-state index in [1.54, 1.807) is 0 Å². The van der Waals surface area contributed by atoms with Gasteiger partial charge in [-0.3, -0.25) is 9.59 Å². The van der Waals surface area contributed by atoms with Crippen molar-refractivity contribution in [3.63, 3.8) is 0 Å². The molecular weight excluding hydrogens is 813 g/mol. The van der Waals surface area contributed by atoms with Crippen LogP contribution in [-0.4, -0.2) is 37.9 Å². The number of hydrogen-bond acceptors (Lipinski definition) is 5. The number of ether oxygens (including phenoxy) is 3. The lowest BCUT2D eigenvalue weighted by Crippen LogP contribution is -2.30. The summed E-state index contributed by atoms with van der Waals surface area (Å²) >= 11 is 0. The van der Waals surface area contributed by atoms with Crippen LogP contribution in [0.1, 0.15) is 252 Å². The molecule has 5 heteroatoms. The zero-order valence-corrected chi connectivity index (χ0v) is 43.4. The molecule has 0 amide bonds. The van der Waals surface area contributed by atoms with Crippen LogP contribution in [0.3, 0.4) is 0 Å². The number of allylic oxidation sites excluding steroid dienone is 16. The third-order valence-corrected chi connectivity index (χ3v) is 11.6. The predicted molar refractivity (Wildman–Crippen MR) is 288 cm³/mol. The summed E-state index contributed by atoms with van der Waals surface area (Å²) in [6, 6.07) is 0. The summed E-state index contributed by atoms with van der Waals surface area (Å²) in [7, 11) is 0. The van der Waals surface area contributed by atoms with E-state index in [0.29, 0.717) is 19.4 Å². The average Bonchev–Trinajstić information content (AvgIpc) is 3.32. The van der Waals surface area contributed by atoms with Crippen LogP contribution in [-0.2, 0) is 23.8 Å². The highest BCUT2D eigenvalue weighted by molar-refractivity contribution is 5.70. The van der Waals surface area contributed by atoms with Crippen molar-refractivity contribution in [1.29, 1.82) is 0 Å². The zero-order chi connectivity index (χ0) is 47.7. The van der Waals surface area contributed by atoms with E-state index < -0.39 is 6.10 Å². The van der Waals surface area contributed by atoms with Gasteiger partial charge in [0.15, 0.2) is 6.10 Å². The van der Waals surface area contributed by atoms with Gasteiger partial charge in [0.25, 0.3) is 0 Å². The first-order chi connectivity index (χ1) is 32.6. The molecule has 0 bridgehead atoms. The van der Waals surface area contributed by atoms with Gasteiger partial charge in [0.05, 0.1) is 6.61 Å². The standard InChI is InChI=1S/C61H104O5/c1-4-7-10-13-16-19-22-25-28-30-31-32-34-36-39-42-45-48-51-54-60(62)65-58-59(57-64-56-53-50-47-44-41-38-35-29-26-23-20-17-14-11-8-5-2)66-61(63)55-52-49-46-43-40-37-33-27-24-21-18-15-12-9-6-3/h8-9,11-12,16-21,25-29,33,59H,4-7,10,13-15,22-24,30-32,34-58H2,1-3H3/b11-8-,12-9-,19-16-,20-17-,21-18-,28-25-,29-26-,33-27-. The second-order valence-corrected chi connectivity index (χ2v) is 18.1. The normalized spacial score (nSPS) is 13.0. The number of rotatable bonds is 50. The number of carbonyl (C=O) groups excluding carboxylic acids is 2. The third kappa shape index (κ3) is 53.4. The molecule has 66 heavy (non-hydrogen) atoms. The maximum atomic E-state index is 12.8. The highest BCUT2D eigenvalue weighted by Crippen LogP contribution is 2.14. The van der Waals surface area contributed by atoms with E-state index in [4.69, 9.17) is 14.2 Å². The molecule has 378 valence electrons. The number of hydrogen-bond donors (Lipinski definition) is 0. The van der Waals surface area contributed by atoms with E-state index in [2.05, 4.69) is 118 Å². The minimum absolute atomic E-state index is 0.0663. The number of carbonyl (C=O) groups is 2. The maximum Gasteiger partial charge on any atom is 0.306 e. The second kappa shape index (κ2) is 56.1. The minimum atomic E-state index is -0.560. The van der Waals surface area contributed by atoms with Crippen molar-refractivity contribution in [1.82, 2.24) is 0 Å². The second-order valence-electron chi connectivity index (χ2n) is 18.1. The van der Waals surface area contributed by atoms with Gasteiger partial charge in [0.2, 0.25) is 0 Å². The van der Waals surface area contributed by atoms with Gasteiger partial charge in [-0.05, 0) is 116 Å². The van der Waals surface area contributed by atoms with Gasteiger partial charge in [-0.15, -0.1) is 0 Å². The topological polar surface area (TPSA) is 61.8 Å². The summed E-state index contributed by atoms with van der Waals surface area (Å²) in [6.07, 6.45) is 75.6. The Labute approximate surface area is 409 Å². The van der Waals surface area contributed by atoms with Crippen LogP contribution in [0.15, 0.2) is 97.2 Å². The molecule has 0 spiro atoms. The largest absolute Gasteiger partial charge is 0.462 e. The molecule has 0 radical (unpaired) electrons. The van der Waals surface area contributed by atoms with E-state index in [1.165, 1.54) is 109 Å². The van der Waals surface area contributed by atoms with Crippen molar-refractivity contribution < 1.29 is 23.8 Å². The van der Waals surface area contributed by atoms with Crippen molar-refractivity contribution in [2.24, 2.45) is 0 Å². The van der Waals surface area contributed by atoms with E-state index >= 15 is 0 Å². The molecule has 0 aromatic heterocycles. The molecule has 0 aliphatic heterocycles. The van der Waals surface area contributed by atoms with Crippen LogP contribution in [0.5, 0.6) is 0 Å². The van der Waals surface area contributed by atoms with Gasteiger partial charge in [-0.2, -0.15) is 0 Å². The highest BCUT2D eigenvalue weighted by atomic mass is 16.6. The summed E-state index contributed by atoms with van der Waals surface area (Å²) in [5.41, 5.74) is 0. The predicted octanol–water partition coefficient (Wildman–Crippen LogP) is 19.0. The van der Waals surface area contributed by atoms with Gasteiger partial charge >= 0.3 is 11.9 Å². The Morgan fingerprint density at radius 1 is 0.348 bits per heavy atom. The van der Waals surface area contributed by atoms with E-state index in [0.717, 1.165) is 109 Å². The molecule has 5 nitrogen and oxygen atoms in total. The fourth-order valence-corrected chi connectivity index (χ4v) is 7.51. The third-order valence-electron chi connectivity index (χ3n) is 11.6. The minimum Gasteiger partial charge on any atom is -0.462 e. The zero-order valence-electron chi connectivity index (χ0n) is 43.4. The molecule has 0 aromatic rings. The lowest BCUT2D eigenvalue weighted by molar-refractivity contribution is -0.163. The maximum absolute atomic E-state index is 12.8. The molecule has 0 aromatic carbocycles. The molecule has 0 rings (SSSR count). The van der Waals surface area contributed by atoms with E-state index in [9.17, 15) is 9.59 Å². The Kier molecular flexibility index (Phi) is 53.4. The van der Waals surface area contributed by atoms with Gasteiger partial charge < -0.3 is 14.2 Å². The summed E-state index contributed by atoms with van der Waals surface area (Å²) < 4.78 is 17.4. The average molecular weight is 917 g/mol. The summed E-state index contributed by atoms with van der Waals surface area (Å²) in [5, 5.41) is 0. The first-order valence-corrected chi connectivity index (χ1v) is 27.8. The Bertz CT molecular complexity index is 1270. The smallest absolute Gasteiger partial charge is 0.306 e. The molecular formula is C61H104O5. The fourth-order valence-electron chi connectivity index (χ4n) is 7.51. The van der Waals surface area contributed by atoms with Gasteiger partial charge in [-0.25, -0.2) is 0 Å². The molecule has 0 aliphatic rings. The Balaban J connectivity index is 4.32. The first-order valence-electron chi connectivity index (χ1n) is 27.8. The van der Waals surface area contributed by atoms with Gasteiger partial charge in [0, 0.05) is 19.4 Å². The molecule has 0 saturated heterocycles. The number of esters is 2.